The summed E-state index contributed by atoms with van der Waals surface area (Å²) in [5.74, 6) is -0.577. The van der Waals surface area contributed by atoms with E-state index in [1.165, 1.54) is 28.8 Å². The molecule has 9 heteroatoms. The van der Waals surface area contributed by atoms with E-state index < -0.39 is 0 Å². The topological polar surface area (TPSA) is 48.8 Å². The van der Waals surface area contributed by atoms with Gasteiger partial charge in [0.25, 0.3) is 11.5 Å². The van der Waals surface area contributed by atoms with E-state index in [0.29, 0.717) is 14.8 Å². The Morgan fingerprint density at radius 3 is 2.40 bits per heavy atom. The zero-order valence-corrected chi connectivity index (χ0v) is 21.2. The van der Waals surface area contributed by atoms with Crippen LogP contribution in [0, 0.1) is 5.82 Å². The van der Waals surface area contributed by atoms with Crippen LogP contribution in [0.2, 0.25) is 0 Å². The highest BCUT2D eigenvalue weighted by molar-refractivity contribution is 8.26. The second kappa shape index (κ2) is 9.56. The summed E-state index contributed by atoms with van der Waals surface area (Å²) >= 11 is 6.69. The lowest BCUT2D eigenvalue weighted by molar-refractivity contribution is -0.122. The number of carbonyl (C=O) groups is 1. The highest BCUT2D eigenvalue weighted by Crippen LogP contribution is 2.36. The molecule has 3 aromatic rings. The van der Waals surface area contributed by atoms with Crippen molar-refractivity contribution in [2.75, 3.05) is 38.1 Å². The number of hydrogen-bond donors (Lipinski definition) is 0. The summed E-state index contributed by atoms with van der Waals surface area (Å²) < 4.78 is 15.4. The van der Waals surface area contributed by atoms with E-state index in [2.05, 4.69) is 16.8 Å². The van der Waals surface area contributed by atoms with Crippen LogP contribution in [0.3, 0.4) is 0 Å². The number of likely N-dealkylation sites (N-methyl/N-ethyl adjacent to an activating group) is 1. The number of aromatic nitrogens is 1. The van der Waals surface area contributed by atoms with Crippen LogP contribution in [-0.2, 0) is 18.4 Å². The summed E-state index contributed by atoms with van der Waals surface area (Å²) in [6.45, 7) is 3.62. The van der Waals surface area contributed by atoms with Crippen molar-refractivity contribution in [3.05, 3.63) is 80.7 Å². The van der Waals surface area contributed by atoms with Gasteiger partial charge in [-0.3, -0.25) is 14.5 Å². The third kappa shape index (κ3) is 4.51. The molecule has 3 heterocycles. The molecule has 0 saturated carbocycles. The second-order valence-corrected chi connectivity index (χ2v) is 10.5. The van der Waals surface area contributed by atoms with E-state index in [9.17, 15) is 14.0 Å². The van der Waals surface area contributed by atoms with Gasteiger partial charge in [-0.1, -0.05) is 54.3 Å². The number of pyridine rings is 1. The predicted molar refractivity (Wildman–Crippen MR) is 144 cm³/mol. The first kappa shape index (κ1) is 23.7. The molecule has 0 N–H and O–H groups in total. The highest BCUT2D eigenvalue weighted by atomic mass is 32.2. The van der Waals surface area contributed by atoms with E-state index in [-0.39, 0.29) is 23.8 Å². The maximum atomic E-state index is 13.6. The number of benzene rings is 2. The third-order valence-corrected chi connectivity index (χ3v) is 7.91. The van der Waals surface area contributed by atoms with Gasteiger partial charge in [0.15, 0.2) is 0 Å². The number of hydrogen-bond acceptors (Lipinski definition) is 6. The van der Waals surface area contributed by atoms with E-state index in [4.69, 9.17) is 12.2 Å². The number of halogens is 1. The molecule has 5 rings (SSSR count). The molecule has 0 atom stereocenters. The number of nitrogens with zero attached hydrogens (tertiary/aromatic N) is 4. The number of thioether (sulfide) groups is 1. The summed E-state index contributed by atoms with van der Waals surface area (Å²) in [4.78, 5) is 33.3. The number of thiocarbonyl (C=S) groups is 1. The lowest BCUT2D eigenvalue weighted by Gasteiger charge is -2.35. The quantitative estimate of drug-likeness (QED) is 0.395. The number of rotatable bonds is 4. The molecule has 0 bridgehead atoms. The minimum absolute atomic E-state index is 0.151. The van der Waals surface area contributed by atoms with Crippen molar-refractivity contribution in [1.82, 2.24) is 14.4 Å². The molecule has 2 aliphatic heterocycles. The maximum absolute atomic E-state index is 13.6. The van der Waals surface area contributed by atoms with Crippen molar-refractivity contribution < 1.29 is 9.18 Å². The Labute approximate surface area is 212 Å². The SMILES string of the molecule is CN1CCN(c2c(C=C3SC(=S)N(Cc4ccc(F)cc4)C3=O)c(=O)n(C)c3ccccc23)CC1. The fourth-order valence-corrected chi connectivity index (χ4v) is 5.78. The van der Waals surface area contributed by atoms with Crippen LogP contribution >= 0.6 is 24.0 Å². The van der Waals surface area contributed by atoms with Gasteiger partial charge in [-0.05, 0) is 36.9 Å². The Kier molecular flexibility index (Phi) is 6.48. The minimum atomic E-state index is -0.331. The Morgan fingerprint density at radius 2 is 1.69 bits per heavy atom. The van der Waals surface area contributed by atoms with Crippen LogP contribution in [-0.4, -0.2) is 57.8 Å². The fourth-order valence-electron chi connectivity index (χ4n) is 4.54. The molecule has 180 valence electrons. The van der Waals surface area contributed by atoms with Gasteiger partial charge in [-0.25, -0.2) is 4.39 Å². The van der Waals surface area contributed by atoms with Gasteiger partial charge < -0.3 is 14.4 Å². The Balaban J connectivity index is 1.58. The number of anilines is 1. The lowest BCUT2D eigenvalue weighted by Crippen LogP contribution is -2.45. The van der Waals surface area contributed by atoms with Crippen molar-refractivity contribution in [2.24, 2.45) is 7.05 Å². The smallest absolute Gasteiger partial charge is 0.266 e. The summed E-state index contributed by atoms with van der Waals surface area (Å²) in [5.41, 5.74) is 2.84. The van der Waals surface area contributed by atoms with Crippen molar-refractivity contribution in [3.63, 3.8) is 0 Å². The van der Waals surface area contributed by atoms with E-state index >= 15 is 0 Å². The first-order valence-corrected chi connectivity index (χ1v) is 12.6. The minimum Gasteiger partial charge on any atom is -0.368 e. The van der Waals surface area contributed by atoms with Crippen molar-refractivity contribution in [2.45, 2.75) is 6.54 Å². The van der Waals surface area contributed by atoms with Gasteiger partial charge in [0.05, 0.1) is 28.2 Å². The van der Waals surface area contributed by atoms with Crippen LogP contribution < -0.4 is 10.5 Å². The zero-order chi connectivity index (χ0) is 24.7. The van der Waals surface area contributed by atoms with Crippen LogP contribution in [0.15, 0.2) is 58.2 Å². The molecule has 2 saturated heterocycles. The first-order chi connectivity index (χ1) is 16.8. The summed E-state index contributed by atoms with van der Waals surface area (Å²) in [5, 5.41) is 0.979. The maximum Gasteiger partial charge on any atom is 0.266 e. The second-order valence-electron chi connectivity index (χ2n) is 8.83. The molecule has 0 unspecified atom stereocenters. The monoisotopic (exact) mass is 508 g/mol. The van der Waals surface area contributed by atoms with Gasteiger partial charge in [0.2, 0.25) is 0 Å². The lowest BCUT2D eigenvalue weighted by atomic mass is 10.1. The summed E-state index contributed by atoms with van der Waals surface area (Å²) in [6.07, 6.45) is 1.70. The van der Waals surface area contributed by atoms with Crippen LogP contribution in [0.1, 0.15) is 11.1 Å². The molecule has 1 aromatic heterocycles. The molecule has 2 fully saturated rings. The molecule has 6 nitrogen and oxygen atoms in total. The van der Waals surface area contributed by atoms with Crippen LogP contribution in [0.25, 0.3) is 17.0 Å². The number of para-hydroxylation sites is 1. The highest BCUT2D eigenvalue weighted by Gasteiger charge is 2.33. The standard InChI is InChI=1S/C26H25FN4O2S2/c1-28-11-13-30(14-12-28)23-19-5-3-4-6-21(19)29(2)24(32)20(23)15-22-25(33)31(26(34)35-22)16-17-7-9-18(27)10-8-17/h3-10,15H,11-14,16H2,1-2H3. The Bertz CT molecular complexity index is 1410. The molecule has 0 spiro atoms. The average molecular weight is 509 g/mol. The average Bonchev–Trinajstić information content (AvgIpc) is 3.12. The van der Waals surface area contributed by atoms with Gasteiger partial charge in [0.1, 0.15) is 10.1 Å². The molecule has 2 aromatic carbocycles. The number of aryl methyl sites for hydroxylation is 1. The van der Waals surface area contributed by atoms with Crippen molar-refractivity contribution in [1.29, 1.82) is 0 Å². The summed E-state index contributed by atoms with van der Waals surface area (Å²) in [7, 11) is 3.85. The summed E-state index contributed by atoms with van der Waals surface area (Å²) in [6, 6.07) is 13.9. The molecule has 0 radical (unpaired) electrons. The first-order valence-electron chi connectivity index (χ1n) is 11.4. The molecule has 2 aliphatic rings. The number of piperazine rings is 1. The molecular weight excluding hydrogens is 483 g/mol. The van der Waals surface area contributed by atoms with Gasteiger partial charge in [-0.2, -0.15) is 0 Å². The number of carbonyl (C=O) groups excluding carboxylic acids is 1. The van der Waals surface area contributed by atoms with Gasteiger partial charge >= 0.3 is 0 Å². The van der Waals surface area contributed by atoms with Gasteiger partial charge in [0, 0.05) is 38.6 Å². The molecule has 35 heavy (non-hydrogen) atoms. The zero-order valence-electron chi connectivity index (χ0n) is 19.5. The molecular formula is C26H25FN4O2S2. The normalized spacial score (nSPS) is 18.3. The van der Waals surface area contributed by atoms with Gasteiger partial charge in [-0.15, -0.1) is 0 Å². The Hall–Kier alpha value is -3.01. The Morgan fingerprint density at radius 1 is 1.00 bits per heavy atom. The third-order valence-electron chi connectivity index (χ3n) is 6.53. The van der Waals surface area contributed by atoms with Crippen LogP contribution in [0.4, 0.5) is 10.1 Å². The van der Waals surface area contributed by atoms with E-state index in [1.54, 1.807) is 29.8 Å². The van der Waals surface area contributed by atoms with Crippen LogP contribution in [0.5, 0.6) is 0 Å². The van der Waals surface area contributed by atoms with E-state index in [1.807, 2.05) is 24.3 Å². The molecule has 0 aliphatic carbocycles. The van der Waals surface area contributed by atoms with Crippen molar-refractivity contribution in [3.8, 4) is 0 Å². The fraction of sp³-hybridized carbons (Fsp3) is 0.269. The number of fused-ring (bicyclic) bond motifs is 1. The van der Waals surface area contributed by atoms with E-state index in [0.717, 1.165) is 48.3 Å². The number of amides is 1. The largest absolute Gasteiger partial charge is 0.368 e. The van der Waals surface area contributed by atoms with Crippen molar-refractivity contribution >= 4 is 56.9 Å². The predicted octanol–water partition coefficient (Wildman–Crippen LogP) is 3.83. The molecule has 1 amide bonds.